The maximum atomic E-state index is 6.21. The number of rotatable bonds is 5. The van der Waals surface area contributed by atoms with Gasteiger partial charge in [0.15, 0.2) is 0 Å². The lowest BCUT2D eigenvalue weighted by molar-refractivity contribution is -0.0648. The molecule has 5 heteroatoms. The van der Waals surface area contributed by atoms with Crippen molar-refractivity contribution in [2.45, 2.75) is 44.4 Å². The molecule has 0 spiro atoms. The molecule has 0 radical (unpaired) electrons. The molecule has 1 aromatic rings. The zero-order chi connectivity index (χ0) is 13.9. The Labute approximate surface area is 133 Å². The first-order valence-electron chi connectivity index (χ1n) is 7.61. The van der Waals surface area contributed by atoms with Crippen LogP contribution >= 0.6 is 27.3 Å². The number of ether oxygens (including phenoxy) is 1. The van der Waals surface area contributed by atoms with Crippen LogP contribution in [0, 0.1) is 0 Å². The summed E-state index contributed by atoms with van der Waals surface area (Å²) in [4.78, 5) is 4.00. The summed E-state index contributed by atoms with van der Waals surface area (Å²) in [5.41, 5.74) is 0. The first-order valence-corrected chi connectivity index (χ1v) is 9.28. The van der Waals surface area contributed by atoms with E-state index in [1.807, 2.05) is 11.3 Å². The molecule has 3 nitrogen and oxygen atoms in total. The predicted octanol–water partition coefficient (Wildman–Crippen LogP) is 3.41. The van der Waals surface area contributed by atoms with E-state index in [1.54, 1.807) is 0 Å². The van der Waals surface area contributed by atoms with Gasteiger partial charge in [-0.3, -0.25) is 4.90 Å². The van der Waals surface area contributed by atoms with Gasteiger partial charge in [0.2, 0.25) is 0 Å². The van der Waals surface area contributed by atoms with Crippen molar-refractivity contribution < 1.29 is 4.74 Å². The van der Waals surface area contributed by atoms with E-state index in [9.17, 15) is 0 Å². The van der Waals surface area contributed by atoms with Gasteiger partial charge in [-0.15, -0.1) is 11.3 Å². The lowest BCUT2D eigenvalue weighted by Gasteiger charge is -2.39. The van der Waals surface area contributed by atoms with E-state index >= 15 is 0 Å². The Morgan fingerprint density at radius 2 is 2.50 bits per heavy atom. The minimum absolute atomic E-state index is 0.269. The molecule has 0 aliphatic carbocycles. The van der Waals surface area contributed by atoms with Gasteiger partial charge in [0, 0.05) is 21.9 Å². The molecule has 0 saturated carbocycles. The fourth-order valence-electron chi connectivity index (χ4n) is 3.26. The van der Waals surface area contributed by atoms with Crippen LogP contribution in [-0.4, -0.2) is 43.3 Å². The number of nitrogens with one attached hydrogen (secondary N) is 1. The predicted molar refractivity (Wildman–Crippen MR) is 87.4 cm³/mol. The molecule has 2 aliphatic rings. The fraction of sp³-hybridized carbons (Fsp3) is 0.733. The van der Waals surface area contributed by atoms with E-state index in [0.29, 0.717) is 12.1 Å². The van der Waals surface area contributed by atoms with Gasteiger partial charge in [0.1, 0.15) is 0 Å². The average molecular weight is 359 g/mol. The third-order valence-electron chi connectivity index (χ3n) is 4.33. The van der Waals surface area contributed by atoms with Crippen LogP contribution in [0.5, 0.6) is 0 Å². The second-order valence-electron chi connectivity index (χ2n) is 5.73. The van der Waals surface area contributed by atoms with E-state index in [1.165, 1.54) is 28.7 Å². The minimum Gasteiger partial charge on any atom is -0.373 e. The van der Waals surface area contributed by atoms with E-state index < -0.39 is 0 Å². The lowest BCUT2D eigenvalue weighted by Crippen LogP contribution is -2.50. The Bertz CT molecular complexity index is 439. The Morgan fingerprint density at radius 1 is 1.60 bits per heavy atom. The molecular formula is C15H23BrN2OS. The third-order valence-corrected chi connectivity index (χ3v) is 6.28. The van der Waals surface area contributed by atoms with Crippen molar-refractivity contribution in [2.24, 2.45) is 0 Å². The maximum Gasteiger partial charge on any atom is 0.0905 e. The molecule has 1 N–H and O–H groups in total. The largest absolute Gasteiger partial charge is 0.373 e. The monoisotopic (exact) mass is 358 g/mol. The summed E-state index contributed by atoms with van der Waals surface area (Å²) < 4.78 is 7.42. The molecule has 1 aromatic heterocycles. The Morgan fingerprint density at radius 3 is 3.25 bits per heavy atom. The average Bonchev–Trinajstić information content (AvgIpc) is 3.08. The SMILES string of the molecule is CCCNC(c1sccc1Br)C1CN2CCCC2CO1. The summed E-state index contributed by atoms with van der Waals surface area (Å²) in [6.45, 7) is 6.47. The molecule has 2 fully saturated rings. The van der Waals surface area contributed by atoms with Gasteiger partial charge in [-0.1, -0.05) is 6.92 Å². The van der Waals surface area contributed by atoms with E-state index in [0.717, 1.165) is 26.1 Å². The summed E-state index contributed by atoms with van der Waals surface area (Å²) in [5, 5.41) is 5.85. The zero-order valence-corrected chi connectivity index (χ0v) is 14.4. The molecule has 3 unspecified atom stereocenters. The van der Waals surface area contributed by atoms with Crippen LogP contribution in [0.1, 0.15) is 37.1 Å². The van der Waals surface area contributed by atoms with E-state index in [2.05, 4.69) is 44.5 Å². The Balaban J connectivity index is 1.73. The molecule has 3 heterocycles. The highest BCUT2D eigenvalue weighted by atomic mass is 79.9. The molecule has 2 saturated heterocycles. The van der Waals surface area contributed by atoms with Crippen molar-refractivity contribution in [3.8, 4) is 0 Å². The summed E-state index contributed by atoms with van der Waals surface area (Å²) in [5.74, 6) is 0. The molecule has 112 valence electrons. The molecule has 0 aromatic carbocycles. The van der Waals surface area contributed by atoms with Gasteiger partial charge in [0.25, 0.3) is 0 Å². The highest BCUT2D eigenvalue weighted by Gasteiger charge is 2.36. The van der Waals surface area contributed by atoms with Gasteiger partial charge in [-0.25, -0.2) is 0 Å². The van der Waals surface area contributed by atoms with Gasteiger partial charge >= 0.3 is 0 Å². The fourth-order valence-corrected chi connectivity index (χ4v) is 5.01. The smallest absolute Gasteiger partial charge is 0.0905 e. The van der Waals surface area contributed by atoms with Crippen LogP contribution in [0.4, 0.5) is 0 Å². The summed E-state index contributed by atoms with van der Waals surface area (Å²) in [6.07, 6.45) is 4.06. The van der Waals surface area contributed by atoms with Crippen molar-refractivity contribution in [3.05, 3.63) is 20.8 Å². The van der Waals surface area contributed by atoms with Gasteiger partial charge in [-0.05, 0) is 59.7 Å². The maximum absolute atomic E-state index is 6.21. The van der Waals surface area contributed by atoms with Gasteiger partial charge in [0.05, 0.1) is 18.8 Å². The standard InChI is InChI=1S/C15H23BrN2OS/c1-2-6-17-14(15-12(16)5-8-20-15)13-9-18-7-3-4-11(18)10-19-13/h5,8,11,13-14,17H,2-4,6-7,9-10H2,1H3. The van der Waals surface area contributed by atoms with Gasteiger partial charge in [-0.2, -0.15) is 0 Å². The molecule has 2 aliphatic heterocycles. The topological polar surface area (TPSA) is 24.5 Å². The number of hydrogen-bond acceptors (Lipinski definition) is 4. The Kier molecular flexibility index (Phi) is 5.15. The van der Waals surface area contributed by atoms with Crippen LogP contribution < -0.4 is 5.32 Å². The van der Waals surface area contributed by atoms with Gasteiger partial charge < -0.3 is 10.1 Å². The number of nitrogens with zero attached hydrogens (tertiary/aromatic N) is 1. The molecule has 3 rings (SSSR count). The Hall–Kier alpha value is 0.0600. The highest BCUT2D eigenvalue weighted by molar-refractivity contribution is 9.10. The summed E-state index contributed by atoms with van der Waals surface area (Å²) >= 11 is 5.50. The zero-order valence-electron chi connectivity index (χ0n) is 12.0. The molecule has 0 bridgehead atoms. The highest BCUT2D eigenvalue weighted by Crippen LogP contribution is 2.35. The third kappa shape index (κ3) is 3.12. The summed E-state index contributed by atoms with van der Waals surface area (Å²) in [7, 11) is 0. The number of fused-ring (bicyclic) bond motifs is 1. The minimum atomic E-state index is 0.269. The number of morpholine rings is 1. The quantitative estimate of drug-likeness (QED) is 0.872. The van der Waals surface area contributed by atoms with E-state index in [-0.39, 0.29) is 6.10 Å². The first-order chi connectivity index (χ1) is 9.79. The van der Waals surface area contributed by atoms with Crippen LogP contribution in [0.25, 0.3) is 0 Å². The van der Waals surface area contributed by atoms with Crippen LogP contribution in [0.15, 0.2) is 15.9 Å². The van der Waals surface area contributed by atoms with Crippen molar-refractivity contribution in [3.63, 3.8) is 0 Å². The van der Waals surface area contributed by atoms with Crippen molar-refractivity contribution in [1.82, 2.24) is 10.2 Å². The number of hydrogen-bond donors (Lipinski definition) is 1. The molecule has 3 atom stereocenters. The molecule has 20 heavy (non-hydrogen) atoms. The molecular weight excluding hydrogens is 336 g/mol. The van der Waals surface area contributed by atoms with Crippen molar-refractivity contribution in [2.75, 3.05) is 26.2 Å². The lowest BCUT2D eigenvalue weighted by atomic mass is 10.1. The van der Waals surface area contributed by atoms with Crippen LogP contribution in [-0.2, 0) is 4.74 Å². The number of halogens is 1. The van der Waals surface area contributed by atoms with E-state index in [4.69, 9.17) is 4.74 Å². The van der Waals surface area contributed by atoms with Crippen molar-refractivity contribution >= 4 is 27.3 Å². The van der Waals surface area contributed by atoms with Crippen molar-refractivity contribution in [1.29, 1.82) is 0 Å². The summed E-state index contributed by atoms with van der Waals surface area (Å²) in [6, 6.07) is 3.12. The second kappa shape index (κ2) is 6.88. The normalized spacial score (nSPS) is 28.5. The van der Waals surface area contributed by atoms with Crippen LogP contribution in [0.2, 0.25) is 0 Å². The first kappa shape index (κ1) is 15.0. The van der Waals surface area contributed by atoms with Crippen LogP contribution in [0.3, 0.4) is 0 Å². The second-order valence-corrected chi connectivity index (χ2v) is 7.53. The molecule has 0 amide bonds. The number of thiophene rings is 1.